The standard InChI is InChI=1S/C29H34BrNO4/c1-17-18(2)27-22(11-13-29(4,5)35-27)19(3)23(17)16-21-8-10-26(34-21)28(32)31-14-12-20-7-9-25(33-6)24(30)15-20/h7-10,15H,11-14,16H2,1-6H3,(H,31,32). The fourth-order valence-electron chi connectivity index (χ4n) is 4.76. The Kier molecular flexibility index (Phi) is 7.32. The third-order valence-corrected chi connectivity index (χ3v) is 7.66. The van der Waals surface area contributed by atoms with Crippen molar-refractivity contribution in [1.29, 1.82) is 0 Å². The Morgan fingerprint density at radius 1 is 1.11 bits per heavy atom. The number of hydrogen-bond acceptors (Lipinski definition) is 4. The Labute approximate surface area is 216 Å². The number of halogens is 1. The van der Waals surface area contributed by atoms with Crippen molar-refractivity contribution >= 4 is 21.8 Å². The first-order chi connectivity index (χ1) is 16.6. The predicted octanol–water partition coefficient (Wildman–Crippen LogP) is 6.64. The number of rotatable bonds is 7. The zero-order chi connectivity index (χ0) is 25.3. The van der Waals surface area contributed by atoms with Gasteiger partial charge in [0.1, 0.15) is 22.9 Å². The van der Waals surface area contributed by atoms with Crippen LogP contribution < -0.4 is 14.8 Å². The molecular formula is C29H34BrNO4. The zero-order valence-electron chi connectivity index (χ0n) is 21.4. The van der Waals surface area contributed by atoms with E-state index in [9.17, 15) is 4.79 Å². The topological polar surface area (TPSA) is 60.7 Å². The summed E-state index contributed by atoms with van der Waals surface area (Å²) in [5, 5.41) is 2.96. The van der Waals surface area contributed by atoms with E-state index in [0.29, 0.717) is 25.1 Å². The number of methoxy groups -OCH3 is 1. The minimum atomic E-state index is -0.200. The largest absolute Gasteiger partial charge is 0.496 e. The lowest BCUT2D eigenvalue weighted by Crippen LogP contribution is -2.33. The molecule has 186 valence electrons. The molecule has 2 aromatic carbocycles. The number of furan rings is 1. The maximum Gasteiger partial charge on any atom is 0.287 e. The second kappa shape index (κ2) is 10.1. The molecule has 1 aromatic heterocycles. The monoisotopic (exact) mass is 539 g/mol. The van der Waals surface area contributed by atoms with E-state index in [0.717, 1.165) is 40.1 Å². The lowest BCUT2D eigenvalue weighted by atomic mass is 9.84. The molecular weight excluding hydrogens is 506 g/mol. The quantitative estimate of drug-likeness (QED) is 0.365. The molecule has 0 saturated carbocycles. The molecule has 0 atom stereocenters. The van der Waals surface area contributed by atoms with E-state index in [2.05, 4.69) is 55.9 Å². The second-order valence-corrected chi connectivity index (χ2v) is 10.8. The normalized spacial score (nSPS) is 14.3. The van der Waals surface area contributed by atoms with Gasteiger partial charge in [0.2, 0.25) is 0 Å². The van der Waals surface area contributed by atoms with Gasteiger partial charge >= 0.3 is 0 Å². The van der Waals surface area contributed by atoms with E-state index in [1.54, 1.807) is 13.2 Å². The van der Waals surface area contributed by atoms with Crippen molar-refractivity contribution in [2.75, 3.05) is 13.7 Å². The first-order valence-electron chi connectivity index (χ1n) is 12.1. The zero-order valence-corrected chi connectivity index (χ0v) is 23.0. The molecule has 0 aliphatic carbocycles. The Morgan fingerprint density at radius 3 is 2.60 bits per heavy atom. The number of hydrogen-bond donors (Lipinski definition) is 1. The molecule has 0 spiro atoms. The van der Waals surface area contributed by atoms with Crippen LogP contribution in [0, 0.1) is 20.8 Å². The third-order valence-electron chi connectivity index (χ3n) is 7.04. The molecule has 0 unspecified atom stereocenters. The molecule has 1 aliphatic rings. The summed E-state index contributed by atoms with van der Waals surface area (Å²) in [7, 11) is 1.64. The highest BCUT2D eigenvalue weighted by Crippen LogP contribution is 2.41. The number of ether oxygens (including phenoxy) is 2. The molecule has 0 radical (unpaired) electrons. The van der Waals surface area contributed by atoms with Crippen LogP contribution in [0.15, 0.2) is 39.2 Å². The van der Waals surface area contributed by atoms with Crippen LogP contribution in [0.25, 0.3) is 0 Å². The number of benzene rings is 2. The first-order valence-corrected chi connectivity index (χ1v) is 12.9. The van der Waals surface area contributed by atoms with Crippen LogP contribution in [0.2, 0.25) is 0 Å². The van der Waals surface area contributed by atoms with Crippen molar-refractivity contribution in [3.63, 3.8) is 0 Å². The number of carbonyl (C=O) groups is 1. The molecule has 35 heavy (non-hydrogen) atoms. The predicted molar refractivity (Wildman–Crippen MR) is 142 cm³/mol. The summed E-state index contributed by atoms with van der Waals surface area (Å²) in [6.45, 7) is 11.3. The van der Waals surface area contributed by atoms with Crippen LogP contribution in [0.4, 0.5) is 0 Å². The fraction of sp³-hybridized carbons (Fsp3) is 0.414. The third kappa shape index (κ3) is 5.43. The van der Waals surface area contributed by atoms with Gasteiger partial charge in [-0.1, -0.05) is 6.07 Å². The van der Waals surface area contributed by atoms with Crippen LogP contribution in [0.5, 0.6) is 11.5 Å². The lowest BCUT2D eigenvalue weighted by molar-refractivity contribution is 0.0833. The Hall–Kier alpha value is -2.73. The maximum absolute atomic E-state index is 12.7. The lowest BCUT2D eigenvalue weighted by Gasteiger charge is -2.35. The summed E-state index contributed by atoms with van der Waals surface area (Å²) in [5.74, 6) is 2.76. The smallest absolute Gasteiger partial charge is 0.287 e. The van der Waals surface area contributed by atoms with Gasteiger partial charge in [0.05, 0.1) is 11.6 Å². The summed E-state index contributed by atoms with van der Waals surface area (Å²) in [6, 6.07) is 9.59. The summed E-state index contributed by atoms with van der Waals surface area (Å²) in [6.07, 6.45) is 3.39. The highest BCUT2D eigenvalue weighted by atomic mass is 79.9. The SMILES string of the molecule is COc1ccc(CCNC(=O)c2ccc(Cc3c(C)c(C)c4c(c3C)CCC(C)(C)O4)o2)cc1Br. The molecule has 2 heterocycles. The van der Waals surface area contributed by atoms with E-state index < -0.39 is 0 Å². The Morgan fingerprint density at radius 2 is 1.89 bits per heavy atom. The van der Waals surface area contributed by atoms with Gasteiger partial charge < -0.3 is 19.2 Å². The van der Waals surface area contributed by atoms with Crippen LogP contribution >= 0.6 is 15.9 Å². The average molecular weight is 540 g/mol. The molecule has 5 nitrogen and oxygen atoms in total. The number of fused-ring (bicyclic) bond motifs is 1. The highest BCUT2D eigenvalue weighted by molar-refractivity contribution is 9.10. The highest BCUT2D eigenvalue weighted by Gasteiger charge is 2.30. The molecule has 1 amide bonds. The second-order valence-electron chi connectivity index (χ2n) is 9.94. The van der Waals surface area contributed by atoms with E-state index >= 15 is 0 Å². The fourth-order valence-corrected chi connectivity index (χ4v) is 5.34. The molecule has 0 fully saturated rings. The molecule has 6 heteroatoms. The van der Waals surface area contributed by atoms with Gasteiger partial charge in [-0.3, -0.25) is 4.79 Å². The summed E-state index contributed by atoms with van der Waals surface area (Å²) in [4.78, 5) is 12.7. The van der Waals surface area contributed by atoms with Crippen molar-refractivity contribution < 1.29 is 18.7 Å². The average Bonchev–Trinajstić information content (AvgIpc) is 3.29. The van der Waals surface area contributed by atoms with Crippen molar-refractivity contribution in [2.24, 2.45) is 0 Å². The Balaban J connectivity index is 1.42. The van der Waals surface area contributed by atoms with Gasteiger partial charge in [-0.05, 0) is 127 Å². The molecule has 1 aliphatic heterocycles. The summed E-state index contributed by atoms with van der Waals surface area (Å²) >= 11 is 3.50. The summed E-state index contributed by atoms with van der Waals surface area (Å²) in [5.41, 5.74) is 7.24. The summed E-state index contributed by atoms with van der Waals surface area (Å²) < 4.78 is 18.5. The van der Waals surface area contributed by atoms with Gasteiger partial charge in [0, 0.05) is 13.0 Å². The molecule has 0 bridgehead atoms. The van der Waals surface area contributed by atoms with Crippen LogP contribution in [0.3, 0.4) is 0 Å². The van der Waals surface area contributed by atoms with Crippen LogP contribution in [-0.2, 0) is 19.3 Å². The van der Waals surface area contributed by atoms with Crippen molar-refractivity contribution in [2.45, 2.75) is 65.9 Å². The Bertz CT molecular complexity index is 1260. The van der Waals surface area contributed by atoms with Gasteiger partial charge in [0.15, 0.2) is 5.76 Å². The molecule has 1 N–H and O–H groups in total. The van der Waals surface area contributed by atoms with E-state index in [1.807, 2.05) is 24.3 Å². The first kappa shape index (κ1) is 25.4. The van der Waals surface area contributed by atoms with Gasteiger partial charge in [0.25, 0.3) is 5.91 Å². The van der Waals surface area contributed by atoms with Crippen LogP contribution in [-0.4, -0.2) is 25.2 Å². The number of amides is 1. The van der Waals surface area contributed by atoms with E-state index in [1.165, 1.54) is 27.8 Å². The van der Waals surface area contributed by atoms with Crippen molar-refractivity contribution in [3.05, 3.63) is 79.7 Å². The number of carbonyl (C=O) groups excluding carboxylic acids is 1. The van der Waals surface area contributed by atoms with Crippen molar-refractivity contribution in [3.8, 4) is 11.5 Å². The minimum absolute atomic E-state index is 0.134. The van der Waals surface area contributed by atoms with E-state index in [4.69, 9.17) is 13.9 Å². The molecule has 3 aromatic rings. The van der Waals surface area contributed by atoms with Gasteiger partial charge in [-0.15, -0.1) is 0 Å². The minimum Gasteiger partial charge on any atom is -0.496 e. The number of nitrogens with one attached hydrogen (secondary N) is 1. The van der Waals surface area contributed by atoms with Gasteiger partial charge in [-0.25, -0.2) is 0 Å². The van der Waals surface area contributed by atoms with E-state index in [-0.39, 0.29) is 11.5 Å². The van der Waals surface area contributed by atoms with Gasteiger partial charge in [-0.2, -0.15) is 0 Å². The van der Waals surface area contributed by atoms with Crippen LogP contribution in [0.1, 0.15) is 70.0 Å². The molecule has 0 saturated heterocycles. The molecule has 4 rings (SSSR count). The van der Waals surface area contributed by atoms with Crippen molar-refractivity contribution in [1.82, 2.24) is 5.32 Å². The maximum atomic E-state index is 12.7.